The van der Waals surface area contributed by atoms with Crippen LogP contribution in [0.1, 0.15) is 38.8 Å². The highest BCUT2D eigenvalue weighted by atomic mass is 16.5. The Labute approximate surface area is 112 Å². The molecular formula is C16H27NO. The third-order valence-corrected chi connectivity index (χ3v) is 3.93. The van der Waals surface area contributed by atoms with Crippen molar-refractivity contribution in [1.82, 2.24) is 5.32 Å². The maximum atomic E-state index is 5.27. The highest BCUT2D eigenvalue weighted by Crippen LogP contribution is 2.25. The molecule has 102 valence electrons. The van der Waals surface area contributed by atoms with Crippen LogP contribution in [0, 0.1) is 18.3 Å². The lowest BCUT2D eigenvalue weighted by Gasteiger charge is -2.29. The quantitative estimate of drug-likeness (QED) is 0.828. The van der Waals surface area contributed by atoms with Crippen molar-refractivity contribution in [2.75, 3.05) is 13.7 Å². The van der Waals surface area contributed by atoms with Gasteiger partial charge in [-0.3, -0.25) is 0 Å². The van der Waals surface area contributed by atoms with Gasteiger partial charge in [-0.05, 0) is 35.4 Å². The Kier molecular flexibility index (Phi) is 5.21. The van der Waals surface area contributed by atoms with Crippen LogP contribution in [-0.4, -0.2) is 13.7 Å². The van der Waals surface area contributed by atoms with E-state index < -0.39 is 0 Å². The minimum atomic E-state index is 0.335. The summed E-state index contributed by atoms with van der Waals surface area (Å²) in [5.74, 6) is 1.64. The smallest absolute Gasteiger partial charge is 0.121 e. The minimum Gasteiger partial charge on any atom is -0.496 e. The van der Waals surface area contributed by atoms with Crippen molar-refractivity contribution in [3.05, 3.63) is 29.3 Å². The number of nitrogens with one attached hydrogen (secondary N) is 1. The molecule has 0 fully saturated rings. The van der Waals surface area contributed by atoms with Gasteiger partial charge in [0.25, 0.3) is 0 Å². The lowest BCUT2D eigenvalue weighted by atomic mass is 9.81. The average Bonchev–Trinajstić information content (AvgIpc) is 2.29. The van der Waals surface area contributed by atoms with E-state index in [4.69, 9.17) is 4.74 Å². The molecule has 2 heteroatoms. The first-order valence-corrected chi connectivity index (χ1v) is 6.71. The Balaban J connectivity index is 2.52. The van der Waals surface area contributed by atoms with E-state index in [-0.39, 0.29) is 0 Å². The Morgan fingerprint density at radius 1 is 1.28 bits per heavy atom. The van der Waals surface area contributed by atoms with Crippen molar-refractivity contribution >= 4 is 0 Å². The molecule has 0 saturated carbocycles. The number of rotatable bonds is 6. The van der Waals surface area contributed by atoms with Gasteiger partial charge in [0.05, 0.1) is 7.11 Å². The van der Waals surface area contributed by atoms with Crippen LogP contribution in [0.4, 0.5) is 0 Å². The predicted molar refractivity (Wildman–Crippen MR) is 78.1 cm³/mol. The van der Waals surface area contributed by atoms with E-state index in [1.807, 2.05) is 6.07 Å². The summed E-state index contributed by atoms with van der Waals surface area (Å²) in [6.45, 7) is 13.2. The molecule has 18 heavy (non-hydrogen) atoms. The molecule has 0 spiro atoms. The van der Waals surface area contributed by atoms with E-state index in [1.165, 1.54) is 11.1 Å². The average molecular weight is 249 g/mol. The molecule has 0 aliphatic heterocycles. The predicted octanol–water partition coefficient (Wildman–Crippen LogP) is 3.78. The first kappa shape index (κ1) is 15.0. The number of hydrogen-bond acceptors (Lipinski definition) is 2. The molecule has 0 saturated heterocycles. The summed E-state index contributed by atoms with van der Waals surface area (Å²) in [7, 11) is 1.71. The van der Waals surface area contributed by atoms with Crippen LogP contribution >= 0.6 is 0 Å². The minimum absolute atomic E-state index is 0.335. The Bertz CT molecular complexity index is 383. The van der Waals surface area contributed by atoms with Gasteiger partial charge in [0.2, 0.25) is 0 Å². The first-order chi connectivity index (χ1) is 8.36. The van der Waals surface area contributed by atoms with Gasteiger partial charge in [-0.2, -0.15) is 0 Å². The van der Waals surface area contributed by atoms with Crippen LogP contribution in [0.15, 0.2) is 18.2 Å². The molecule has 0 aliphatic rings. The van der Waals surface area contributed by atoms with E-state index >= 15 is 0 Å². The number of ether oxygens (including phenoxy) is 1. The third-order valence-electron chi connectivity index (χ3n) is 3.93. The van der Waals surface area contributed by atoms with Crippen molar-refractivity contribution in [2.45, 2.75) is 41.2 Å². The van der Waals surface area contributed by atoms with Crippen LogP contribution in [0.3, 0.4) is 0 Å². The SMILES string of the molecule is COc1ccc(CNCC(C)(C)C(C)C)cc1C. The molecule has 0 atom stereocenters. The second-order valence-electron chi connectivity index (χ2n) is 6.05. The molecule has 0 radical (unpaired) electrons. The molecule has 1 aromatic rings. The van der Waals surface area contributed by atoms with Crippen molar-refractivity contribution in [3.63, 3.8) is 0 Å². The highest BCUT2D eigenvalue weighted by molar-refractivity contribution is 5.36. The van der Waals surface area contributed by atoms with Crippen molar-refractivity contribution in [2.24, 2.45) is 11.3 Å². The summed E-state index contributed by atoms with van der Waals surface area (Å²) in [5.41, 5.74) is 2.84. The van der Waals surface area contributed by atoms with Gasteiger partial charge in [0, 0.05) is 13.1 Å². The fourth-order valence-electron chi connectivity index (χ4n) is 1.78. The molecule has 0 aliphatic carbocycles. The monoisotopic (exact) mass is 249 g/mol. The molecule has 0 unspecified atom stereocenters. The van der Waals surface area contributed by atoms with Gasteiger partial charge in [-0.15, -0.1) is 0 Å². The van der Waals surface area contributed by atoms with Gasteiger partial charge in [0.15, 0.2) is 0 Å². The number of aryl methyl sites for hydroxylation is 1. The maximum absolute atomic E-state index is 5.27. The van der Waals surface area contributed by atoms with E-state index in [1.54, 1.807) is 7.11 Å². The lowest BCUT2D eigenvalue weighted by molar-refractivity contribution is 0.238. The van der Waals surface area contributed by atoms with Gasteiger partial charge in [-0.25, -0.2) is 0 Å². The molecular weight excluding hydrogens is 222 g/mol. The summed E-state index contributed by atoms with van der Waals surface area (Å²) in [6, 6.07) is 6.36. The summed E-state index contributed by atoms with van der Waals surface area (Å²) >= 11 is 0. The molecule has 0 aromatic heterocycles. The second kappa shape index (κ2) is 6.24. The van der Waals surface area contributed by atoms with Gasteiger partial charge < -0.3 is 10.1 Å². The van der Waals surface area contributed by atoms with Gasteiger partial charge >= 0.3 is 0 Å². The molecule has 1 rings (SSSR count). The van der Waals surface area contributed by atoms with E-state index in [0.717, 1.165) is 18.8 Å². The Morgan fingerprint density at radius 3 is 2.44 bits per heavy atom. The molecule has 1 aromatic carbocycles. The number of methoxy groups -OCH3 is 1. The topological polar surface area (TPSA) is 21.3 Å². The fourth-order valence-corrected chi connectivity index (χ4v) is 1.78. The van der Waals surface area contributed by atoms with Gasteiger partial charge in [0.1, 0.15) is 5.75 Å². The largest absolute Gasteiger partial charge is 0.496 e. The maximum Gasteiger partial charge on any atom is 0.121 e. The molecule has 2 nitrogen and oxygen atoms in total. The van der Waals surface area contributed by atoms with E-state index in [2.05, 4.69) is 52.1 Å². The van der Waals surface area contributed by atoms with Crippen molar-refractivity contribution in [3.8, 4) is 5.75 Å². The zero-order valence-electron chi connectivity index (χ0n) is 12.6. The Morgan fingerprint density at radius 2 is 1.94 bits per heavy atom. The van der Waals surface area contributed by atoms with Crippen LogP contribution in [0.5, 0.6) is 5.75 Å². The van der Waals surface area contributed by atoms with Gasteiger partial charge in [-0.1, -0.05) is 39.8 Å². The first-order valence-electron chi connectivity index (χ1n) is 6.71. The number of hydrogen-bond donors (Lipinski definition) is 1. The lowest BCUT2D eigenvalue weighted by Crippen LogP contribution is -2.33. The third kappa shape index (κ3) is 4.02. The molecule has 0 amide bonds. The highest BCUT2D eigenvalue weighted by Gasteiger charge is 2.21. The zero-order valence-corrected chi connectivity index (χ0v) is 12.6. The summed E-state index contributed by atoms with van der Waals surface area (Å²) in [4.78, 5) is 0. The number of benzene rings is 1. The molecule has 0 bridgehead atoms. The Hall–Kier alpha value is -1.02. The zero-order chi connectivity index (χ0) is 13.8. The van der Waals surface area contributed by atoms with E-state index in [0.29, 0.717) is 11.3 Å². The van der Waals surface area contributed by atoms with Crippen LogP contribution in [0.25, 0.3) is 0 Å². The normalized spacial score (nSPS) is 11.9. The standard InChI is InChI=1S/C16H27NO/c1-12(2)16(4,5)11-17-10-14-7-8-15(18-6)13(3)9-14/h7-9,12,17H,10-11H2,1-6H3. The van der Waals surface area contributed by atoms with Crippen LogP contribution in [-0.2, 0) is 6.54 Å². The van der Waals surface area contributed by atoms with Crippen LogP contribution < -0.4 is 10.1 Å². The molecule has 1 N–H and O–H groups in total. The van der Waals surface area contributed by atoms with Crippen LogP contribution in [0.2, 0.25) is 0 Å². The second-order valence-corrected chi connectivity index (χ2v) is 6.05. The van der Waals surface area contributed by atoms with Crippen molar-refractivity contribution < 1.29 is 4.74 Å². The summed E-state index contributed by atoms with van der Waals surface area (Å²) in [5, 5.41) is 3.55. The molecule has 0 heterocycles. The van der Waals surface area contributed by atoms with Crippen molar-refractivity contribution in [1.29, 1.82) is 0 Å². The summed E-state index contributed by atoms with van der Waals surface area (Å²) in [6.07, 6.45) is 0. The van der Waals surface area contributed by atoms with E-state index in [9.17, 15) is 0 Å². The summed E-state index contributed by atoms with van der Waals surface area (Å²) < 4.78 is 5.27. The fraction of sp³-hybridized carbons (Fsp3) is 0.625.